The topological polar surface area (TPSA) is 53.1 Å². The predicted octanol–water partition coefficient (Wildman–Crippen LogP) is 2.98. The first-order valence-corrected chi connectivity index (χ1v) is 6.67. The van der Waals surface area contributed by atoms with E-state index in [-0.39, 0.29) is 11.7 Å². The van der Waals surface area contributed by atoms with Crippen LogP contribution in [0.5, 0.6) is 0 Å². The molecule has 3 nitrogen and oxygen atoms in total. The summed E-state index contributed by atoms with van der Waals surface area (Å²) in [6.07, 6.45) is 0. The Kier molecular flexibility index (Phi) is 5.48. The maximum Gasteiger partial charge on any atom is 0.124 e. The third-order valence-corrected chi connectivity index (χ3v) is 2.98. The lowest BCUT2D eigenvalue weighted by atomic mass is 10.1. The lowest BCUT2D eigenvalue weighted by Gasteiger charge is -2.28. The number of hydrogen-bond acceptors (Lipinski definition) is 2. The van der Waals surface area contributed by atoms with E-state index < -0.39 is 0 Å². The molecule has 0 aliphatic carbocycles. The number of nitrogen functional groups attached to an aromatic ring is 1. The summed E-state index contributed by atoms with van der Waals surface area (Å²) in [7, 11) is 0. The van der Waals surface area contributed by atoms with Crippen LogP contribution >= 0.6 is 0 Å². The molecule has 0 saturated carbocycles. The lowest BCUT2D eigenvalue weighted by Crippen LogP contribution is -2.33. The standard InChI is InChI=1S/C15H24FN3/c1-10(2)8-19(11(3)4)9-12-5-13(15(17)18)7-14(16)6-12/h5-7,10-11H,8-9H2,1-4H3,(H3,17,18). The van der Waals surface area contributed by atoms with Crippen LogP contribution in [0.4, 0.5) is 4.39 Å². The van der Waals surface area contributed by atoms with E-state index in [2.05, 4.69) is 32.6 Å². The van der Waals surface area contributed by atoms with Gasteiger partial charge in [0.05, 0.1) is 0 Å². The van der Waals surface area contributed by atoms with Gasteiger partial charge in [0, 0.05) is 24.7 Å². The molecule has 0 saturated heterocycles. The van der Waals surface area contributed by atoms with E-state index in [1.807, 2.05) is 0 Å². The van der Waals surface area contributed by atoms with Crippen LogP contribution < -0.4 is 5.73 Å². The third-order valence-electron chi connectivity index (χ3n) is 2.98. The van der Waals surface area contributed by atoms with Crippen LogP contribution in [-0.4, -0.2) is 23.3 Å². The molecule has 3 N–H and O–H groups in total. The second kappa shape index (κ2) is 6.66. The van der Waals surface area contributed by atoms with Crippen molar-refractivity contribution in [3.63, 3.8) is 0 Å². The van der Waals surface area contributed by atoms with Gasteiger partial charge >= 0.3 is 0 Å². The molecule has 0 amide bonds. The SMILES string of the molecule is CC(C)CN(Cc1cc(F)cc(C(=N)N)c1)C(C)C. The Morgan fingerprint density at radius 1 is 1.26 bits per heavy atom. The van der Waals surface area contributed by atoms with Crippen LogP contribution in [-0.2, 0) is 6.54 Å². The molecule has 0 bridgehead atoms. The number of halogens is 1. The summed E-state index contributed by atoms with van der Waals surface area (Å²) in [5, 5.41) is 7.41. The Balaban J connectivity index is 2.92. The quantitative estimate of drug-likeness (QED) is 0.613. The Morgan fingerprint density at radius 3 is 2.37 bits per heavy atom. The maximum absolute atomic E-state index is 13.5. The van der Waals surface area contributed by atoms with Gasteiger partial charge in [-0.25, -0.2) is 4.39 Å². The van der Waals surface area contributed by atoms with Crippen molar-refractivity contribution < 1.29 is 4.39 Å². The molecule has 0 unspecified atom stereocenters. The van der Waals surface area contributed by atoms with Gasteiger partial charge in [0.25, 0.3) is 0 Å². The summed E-state index contributed by atoms with van der Waals surface area (Å²) < 4.78 is 13.5. The van der Waals surface area contributed by atoms with Gasteiger partial charge in [-0.15, -0.1) is 0 Å². The second-order valence-corrected chi connectivity index (χ2v) is 5.68. The Morgan fingerprint density at radius 2 is 1.89 bits per heavy atom. The minimum absolute atomic E-state index is 0.0966. The minimum atomic E-state index is -0.337. The Bertz CT molecular complexity index is 441. The highest BCUT2D eigenvalue weighted by Gasteiger charge is 2.13. The largest absolute Gasteiger partial charge is 0.384 e. The number of amidine groups is 1. The van der Waals surface area contributed by atoms with Crippen molar-refractivity contribution in [3.8, 4) is 0 Å². The van der Waals surface area contributed by atoms with Crippen molar-refractivity contribution >= 4 is 5.84 Å². The number of nitrogens with two attached hydrogens (primary N) is 1. The third kappa shape index (κ3) is 4.99. The maximum atomic E-state index is 13.5. The van der Waals surface area contributed by atoms with Crippen molar-refractivity contribution in [1.29, 1.82) is 5.41 Å². The van der Waals surface area contributed by atoms with Gasteiger partial charge < -0.3 is 5.73 Å². The number of nitrogens with one attached hydrogen (secondary N) is 1. The Labute approximate surface area is 115 Å². The highest BCUT2D eigenvalue weighted by Crippen LogP contribution is 2.14. The minimum Gasteiger partial charge on any atom is -0.384 e. The molecule has 0 aromatic heterocycles. The summed E-state index contributed by atoms with van der Waals surface area (Å²) in [5.74, 6) is 0.125. The highest BCUT2D eigenvalue weighted by molar-refractivity contribution is 5.95. The van der Waals surface area contributed by atoms with Gasteiger partial charge in [0.2, 0.25) is 0 Å². The molecule has 0 atom stereocenters. The van der Waals surface area contributed by atoms with Gasteiger partial charge in [0.1, 0.15) is 11.7 Å². The van der Waals surface area contributed by atoms with E-state index in [4.69, 9.17) is 11.1 Å². The fourth-order valence-corrected chi connectivity index (χ4v) is 2.06. The number of rotatable bonds is 6. The molecule has 0 heterocycles. The molecule has 0 radical (unpaired) electrons. The zero-order valence-corrected chi connectivity index (χ0v) is 12.2. The first kappa shape index (κ1) is 15.6. The molecule has 0 aliphatic rings. The van der Waals surface area contributed by atoms with Gasteiger partial charge in [-0.1, -0.05) is 13.8 Å². The fourth-order valence-electron chi connectivity index (χ4n) is 2.06. The summed E-state index contributed by atoms with van der Waals surface area (Å²) in [5.41, 5.74) is 6.73. The molecule has 0 spiro atoms. The van der Waals surface area contributed by atoms with Crippen LogP contribution in [0.2, 0.25) is 0 Å². The molecule has 1 rings (SSSR count). The highest BCUT2D eigenvalue weighted by atomic mass is 19.1. The van der Waals surface area contributed by atoms with Crippen molar-refractivity contribution in [2.24, 2.45) is 11.7 Å². The zero-order chi connectivity index (χ0) is 14.6. The second-order valence-electron chi connectivity index (χ2n) is 5.68. The zero-order valence-electron chi connectivity index (χ0n) is 12.2. The molecule has 0 fully saturated rings. The molecule has 106 valence electrons. The fraction of sp³-hybridized carbons (Fsp3) is 0.533. The van der Waals surface area contributed by atoms with E-state index >= 15 is 0 Å². The number of hydrogen-bond donors (Lipinski definition) is 2. The van der Waals surface area contributed by atoms with Crippen LogP contribution in [0, 0.1) is 17.1 Å². The summed E-state index contributed by atoms with van der Waals surface area (Å²) in [4.78, 5) is 2.29. The monoisotopic (exact) mass is 265 g/mol. The average molecular weight is 265 g/mol. The number of benzene rings is 1. The first-order valence-electron chi connectivity index (χ1n) is 6.67. The molecule has 0 aliphatic heterocycles. The van der Waals surface area contributed by atoms with Gasteiger partial charge in [-0.2, -0.15) is 0 Å². The van der Waals surface area contributed by atoms with Crippen LogP contribution in [0.1, 0.15) is 38.8 Å². The number of nitrogens with zero attached hydrogens (tertiary/aromatic N) is 1. The van der Waals surface area contributed by atoms with E-state index in [1.165, 1.54) is 12.1 Å². The smallest absolute Gasteiger partial charge is 0.124 e. The first-order chi connectivity index (χ1) is 8.79. The molecule has 4 heteroatoms. The summed E-state index contributed by atoms with van der Waals surface area (Å²) in [6, 6.07) is 5.00. The molecule has 1 aromatic carbocycles. The van der Waals surface area contributed by atoms with E-state index in [1.54, 1.807) is 6.07 Å². The Hall–Kier alpha value is -1.42. The van der Waals surface area contributed by atoms with Gasteiger partial charge in [0.15, 0.2) is 0 Å². The molecular weight excluding hydrogens is 241 g/mol. The van der Waals surface area contributed by atoms with Gasteiger partial charge in [-0.05, 0) is 43.5 Å². The van der Waals surface area contributed by atoms with Crippen LogP contribution in [0.25, 0.3) is 0 Å². The average Bonchev–Trinajstić information content (AvgIpc) is 2.26. The lowest BCUT2D eigenvalue weighted by molar-refractivity contribution is 0.189. The van der Waals surface area contributed by atoms with Crippen molar-refractivity contribution in [2.75, 3.05) is 6.54 Å². The predicted molar refractivity (Wildman–Crippen MR) is 77.8 cm³/mol. The normalized spacial score (nSPS) is 11.6. The van der Waals surface area contributed by atoms with Crippen molar-refractivity contribution in [1.82, 2.24) is 4.90 Å². The van der Waals surface area contributed by atoms with E-state index in [0.29, 0.717) is 24.1 Å². The van der Waals surface area contributed by atoms with Crippen LogP contribution in [0.3, 0.4) is 0 Å². The van der Waals surface area contributed by atoms with E-state index in [9.17, 15) is 4.39 Å². The summed E-state index contributed by atoms with van der Waals surface area (Å²) >= 11 is 0. The summed E-state index contributed by atoms with van der Waals surface area (Å²) in [6.45, 7) is 10.2. The molecule has 19 heavy (non-hydrogen) atoms. The van der Waals surface area contributed by atoms with Crippen LogP contribution in [0.15, 0.2) is 18.2 Å². The van der Waals surface area contributed by atoms with Crippen molar-refractivity contribution in [2.45, 2.75) is 40.3 Å². The van der Waals surface area contributed by atoms with Crippen molar-refractivity contribution in [3.05, 3.63) is 35.1 Å². The van der Waals surface area contributed by atoms with E-state index in [0.717, 1.165) is 12.1 Å². The molecular formula is C15H24FN3. The van der Waals surface area contributed by atoms with Gasteiger partial charge in [-0.3, -0.25) is 10.3 Å². The molecule has 1 aromatic rings.